The first-order valence-corrected chi connectivity index (χ1v) is 11.9. The van der Waals surface area contributed by atoms with E-state index >= 15 is 0 Å². The number of benzene rings is 2. The molecule has 3 heterocycles. The van der Waals surface area contributed by atoms with Crippen molar-refractivity contribution in [3.63, 3.8) is 0 Å². The third kappa shape index (κ3) is 4.46. The Kier molecular flexibility index (Phi) is 5.81. The summed E-state index contributed by atoms with van der Waals surface area (Å²) in [5, 5.41) is 5.85. The molecular weight excluding hydrogens is 435 g/mol. The van der Waals surface area contributed by atoms with Gasteiger partial charge in [-0.1, -0.05) is 30.3 Å². The fourth-order valence-electron chi connectivity index (χ4n) is 4.29. The number of thiazole rings is 1. The van der Waals surface area contributed by atoms with Crippen LogP contribution in [-0.2, 0) is 24.2 Å². The quantitative estimate of drug-likeness (QED) is 0.428. The van der Waals surface area contributed by atoms with Crippen molar-refractivity contribution < 1.29 is 9.18 Å². The molecule has 0 radical (unpaired) electrons. The lowest BCUT2D eigenvalue weighted by Gasteiger charge is -2.20. The van der Waals surface area contributed by atoms with Crippen LogP contribution in [0.5, 0.6) is 0 Å². The molecule has 2 aromatic heterocycles. The molecule has 5 nitrogen and oxygen atoms in total. The van der Waals surface area contributed by atoms with Gasteiger partial charge in [-0.3, -0.25) is 9.48 Å². The van der Waals surface area contributed by atoms with Crippen LogP contribution in [0, 0.1) is 19.7 Å². The molecule has 1 amide bonds. The minimum atomic E-state index is -0.240. The van der Waals surface area contributed by atoms with Crippen molar-refractivity contribution in [2.45, 2.75) is 33.2 Å². The van der Waals surface area contributed by atoms with E-state index in [9.17, 15) is 9.18 Å². The van der Waals surface area contributed by atoms with Gasteiger partial charge in [-0.25, -0.2) is 9.37 Å². The van der Waals surface area contributed by atoms with E-state index in [1.807, 2.05) is 48.2 Å². The van der Waals surface area contributed by atoms with Crippen LogP contribution in [0.25, 0.3) is 22.5 Å². The zero-order chi connectivity index (χ0) is 22.9. The molecule has 2 aromatic carbocycles. The summed E-state index contributed by atoms with van der Waals surface area (Å²) in [6.07, 6.45) is 1.63. The van der Waals surface area contributed by atoms with Crippen molar-refractivity contribution in [3.8, 4) is 22.5 Å². The highest BCUT2D eigenvalue weighted by molar-refractivity contribution is 7.11. The van der Waals surface area contributed by atoms with Crippen molar-refractivity contribution in [1.82, 2.24) is 19.7 Å². The van der Waals surface area contributed by atoms with E-state index in [2.05, 4.69) is 4.98 Å². The molecule has 1 aliphatic heterocycles. The molecule has 0 saturated carbocycles. The number of rotatable bonds is 4. The molecule has 7 heteroatoms. The molecule has 0 atom stereocenters. The van der Waals surface area contributed by atoms with Gasteiger partial charge >= 0.3 is 0 Å². The van der Waals surface area contributed by atoms with E-state index in [0.29, 0.717) is 18.7 Å². The standard InChI is InChI=1S/C26H25FN4OS/c1-17-14-20(8-9-21(17)27)23-15-24(19-6-4-3-5-7-19)31(29-23)16-26(32)30-12-10-22-25(11-13-30)33-18(2)28-22/h3-9,14-15H,10-13,16H2,1-2H3. The van der Waals surface area contributed by atoms with Gasteiger partial charge in [-0.05, 0) is 49.2 Å². The van der Waals surface area contributed by atoms with E-state index in [-0.39, 0.29) is 18.3 Å². The Morgan fingerprint density at radius 2 is 1.82 bits per heavy atom. The molecule has 33 heavy (non-hydrogen) atoms. The number of nitrogens with zero attached hydrogens (tertiary/aromatic N) is 4. The van der Waals surface area contributed by atoms with E-state index in [0.717, 1.165) is 46.1 Å². The predicted octanol–water partition coefficient (Wildman–Crippen LogP) is 5.06. The van der Waals surface area contributed by atoms with E-state index in [4.69, 9.17) is 5.10 Å². The maximum Gasteiger partial charge on any atom is 0.244 e. The smallest absolute Gasteiger partial charge is 0.244 e. The lowest BCUT2D eigenvalue weighted by Crippen LogP contribution is -2.36. The van der Waals surface area contributed by atoms with Crippen molar-refractivity contribution in [2.75, 3.05) is 13.1 Å². The molecule has 0 unspecified atom stereocenters. The van der Waals surface area contributed by atoms with E-state index < -0.39 is 0 Å². The van der Waals surface area contributed by atoms with Crippen LogP contribution in [0.2, 0.25) is 0 Å². The SMILES string of the molecule is Cc1nc2c(s1)CCN(C(=O)Cn1nc(-c3ccc(F)c(C)c3)cc1-c1ccccc1)CC2. The van der Waals surface area contributed by atoms with Gasteiger partial charge in [-0.15, -0.1) is 11.3 Å². The minimum absolute atomic E-state index is 0.0454. The van der Waals surface area contributed by atoms with Crippen molar-refractivity contribution in [3.05, 3.63) is 81.6 Å². The van der Waals surface area contributed by atoms with Crippen molar-refractivity contribution in [1.29, 1.82) is 0 Å². The third-order valence-electron chi connectivity index (χ3n) is 6.05. The second-order valence-electron chi connectivity index (χ2n) is 8.39. The second-order valence-corrected chi connectivity index (χ2v) is 9.67. The zero-order valence-corrected chi connectivity index (χ0v) is 19.5. The summed E-state index contributed by atoms with van der Waals surface area (Å²) in [4.78, 5) is 21.1. The largest absolute Gasteiger partial charge is 0.340 e. The summed E-state index contributed by atoms with van der Waals surface area (Å²) >= 11 is 1.73. The third-order valence-corrected chi connectivity index (χ3v) is 7.13. The first-order chi connectivity index (χ1) is 16.0. The Morgan fingerprint density at radius 1 is 1.03 bits per heavy atom. The highest BCUT2D eigenvalue weighted by atomic mass is 32.1. The Labute approximate surface area is 196 Å². The van der Waals surface area contributed by atoms with Gasteiger partial charge in [0.2, 0.25) is 5.91 Å². The minimum Gasteiger partial charge on any atom is -0.340 e. The maximum absolute atomic E-state index is 13.8. The van der Waals surface area contributed by atoms with Gasteiger partial charge in [0, 0.05) is 36.4 Å². The Balaban J connectivity index is 1.42. The van der Waals surface area contributed by atoms with Crippen LogP contribution in [0.1, 0.15) is 21.1 Å². The van der Waals surface area contributed by atoms with Gasteiger partial charge in [0.15, 0.2) is 0 Å². The summed E-state index contributed by atoms with van der Waals surface area (Å²) < 4.78 is 15.6. The number of carbonyl (C=O) groups is 1. The molecule has 4 aromatic rings. The number of aromatic nitrogens is 3. The van der Waals surface area contributed by atoms with Gasteiger partial charge < -0.3 is 4.90 Å². The topological polar surface area (TPSA) is 51.0 Å². The van der Waals surface area contributed by atoms with Crippen LogP contribution in [0.15, 0.2) is 54.6 Å². The molecule has 1 aliphatic rings. The van der Waals surface area contributed by atoms with Crippen LogP contribution >= 0.6 is 11.3 Å². The fraction of sp³-hybridized carbons (Fsp3) is 0.269. The van der Waals surface area contributed by atoms with Crippen molar-refractivity contribution in [2.24, 2.45) is 0 Å². The number of hydrogen-bond acceptors (Lipinski definition) is 4. The average Bonchev–Trinajstić information content (AvgIpc) is 3.33. The average molecular weight is 461 g/mol. The molecule has 0 bridgehead atoms. The first kappa shape index (κ1) is 21.5. The molecule has 0 spiro atoms. The predicted molar refractivity (Wildman–Crippen MR) is 129 cm³/mol. The van der Waals surface area contributed by atoms with Crippen LogP contribution in [-0.4, -0.2) is 38.7 Å². The Morgan fingerprint density at radius 3 is 2.61 bits per heavy atom. The Hall–Kier alpha value is -3.32. The number of hydrogen-bond donors (Lipinski definition) is 0. The van der Waals surface area contributed by atoms with Gasteiger partial charge in [0.1, 0.15) is 12.4 Å². The van der Waals surface area contributed by atoms with E-state index in [1.165, 1.54) is 10.9 Å². The lowest BCUT2D eigenvalue weighted by molar-refractivity contribution is -0.131. The van der Waals surface area contributed by atoms with Crippen molar-refractivity contribution >= 4 is 17.2 Å². The number of amides is 1. The monoisotopic (exact) mass is 460 g/mol. The van der Waals surface area contributed by atoms with Gasteiger partial charge in [0.05, 0.1) is 22.1 Å². The summed E-state index contributed by atoms with van der Waals surface area (Å²) in [6.45, 7) is 5.29. The number of fused-ring (bicyclic) bond motifs is 1. The fourth-order valence-corrected chi connectivity index (χ4v) is 5.26. The molecule has 0 aliphatic carbocycles. The molecule has 0 N–H and O–H groups in total. The second kappa shape index (κ2) is 8.90. The van der Waals surface area contributed by atoms with Crippen LogP contribution in [0.3, 0.4) is 0 Å². The highest BCUT2D eigenvalue weighted by Crippen LogP contribution is 2.28. The maximum atomic E-state index is 13.8. The molecule has 168 valence electrons. The van der Waals surface area contributed by atoms with Crippen LogP contribution < -0.4 is 0 Å². The van der Waals surface area contributed by atoms with Gasteiger partial charge in [0.25, 0.3) is 0 Å². The summed E-state index contributed by atoms with van der Waals surface area (Å²) in [5.74, 6) is -0.194. The highest BCUT2D eigenvalue weighted by Gasteiger charge is 2.23. The number of halogens is 1. The summed E-state index contributed by atoms with van der Waals surface area (Å²) in [6, 6.07) is 16.9. The van der Waals surface area contributed by atoms with E-state index in [1.54, 1.807) is 35.1 Å². The van der Waals surface area contributed by atoms with Gasteiger partial charge in [-0.2, -0.15) is 5.10 Å². The Bertz CT molecular complexity index is 1290. The zero-order valence-electron chi connectivity index (χ0n) is 18.7. The molecular formula is C26H25FN4OS. The normalized spacial score (nSPS) is 13.6. The number of aryl methyl sites for hydroxylation is 2. The number of carbonyl (C=O) groups excluding carboxylic acids is 1. The van der Waals surface area contributed by atoms with Crippen LogP contribution in [0.4, 0.5) is 4.39 Å². The summed E-state index contributed by atoms with van der Waals surface area (Å²) in [7, 11) is 0. The molecule has 0 saturated heterocycles. The lowest BCUT2D eigenvalue weighted by atomic mass is 10.1. The molecule has 0 fully saturated rings. The first-order valence-electron chi connectivity index (χ1n) is 11.1. The summed E-state index contributed by atoms with van der Waals surface area (Å²) in [5.41, 5.74) is 5.11. The molecule has 5 rings (SSSR count).